The molecule has 0 aliphatic rings. The first-order chi connectivity index (χ1) is 5.02. The van der Waals surface area contributed by atoms with E-state index in [9.17, 15) is 8.42 Å². The van der Waals surface area contributed by atoms with Gasteiger partial charge in [0.25, 0.3) is 10.1 Å². The van der Waals surface area contributed by atoms with Crippen LogP contribution in [-0.4, -0.2) is 13.0 Å². The zero-order valence-corrected chi connectivity index (χ0v) is 11.7. The van der Waals surface area contributed by atoms with E-state index in [0.29, 0.717) is 0 Å². The molecule has 0 spiro atoms. The summed E-state index contributed by atoms with van der Waals surface area (Å²) in [6, 6.07) is 5.69. The van der Waals surface area contributed by atoms with Gasteiger partial charge in [0.2, 0.25) is 0 Å². The Balaban J connectivity index is 0.00000121. The fraction of sp³-hybridized carbons (Fsp3) is 0. The first-order valence-corrected chi connectivity index (χ1v) is 4.55. The summed E-state index contributed by atoms with van der Waals surface area (Å²) in [5.41, 5.74) is 0. The minimum atomic E-state index is -4.17. The van der Waals surface area contributed by atoms with Crippen LogP contribution >= 0.6 is 11.6 Å². The van der Waals surface area contributed by atoms with Gasteiger partial charge in [0, 0.05) is 27.3 Å². The third kappa shape index (κ3) is 3.00. The van der Waals surface area contributed by atoms with Crippen molar-refractivity contribution in [3.63, 3.8) is 0 Å². The minimum Gasteiger partial charge on any atom is -0.282 e. The second kappa shape index (κ2) is 4.54. The van der Waals surface area contributed by atoms with E-state index in [-0.39, 0.29) is 37.2 Å². The Bertz CT molecular complexity index is 363. The number of halogens is 1. The first-order valence-electron chi connectivity index (χ1n) is 2.74. The number of hydrogen-bond donors (Lipinski definition) is 1. The van der Waals surface area contributed by atoms with E-state index < -0.39 is 10.1 Å². The molecule has 1 aromatic rings. The fourth-order valence-electron chi connectivity index (χ4n) is 0.654. The Kier molecular flexibility index (Phi) is 4.67. The molecule has 6 heteroatoms. The standard InChI is InChI=1S/C6H5ClO3S.Cd/c7-5-3-1-2-4-6(5)11(8,9)10;/h1-4H,(H,8,9,10);. The third-order valence-electron chi connectivity index (χ3n) is 1.11. The SMILES string of the molecule is O=S(=O)(O)c1ccccc1Cl.[Cd]. The van der Waals surface area contributed by atoms with Gasteiger partial charge in [-0.05, 0) is 12.1 Å². The molecule has 1 rings (SSSR count). The molecule has 0 aliphatic heterocycles. The largest absolute Gasteiger partial charge is 0.296 e. The molecule has 1 aromatic carbocycles. The maximum absolute atomic E-state index is 10.5. The molecule has 0 unspecified atom stereocenters. The van der Waals surface area contributed by atoms with Gasteiger partial charge in [-0.2, -0.15) is 8.42 Å². The Hall–Kier alpha value is 0.342. The van der Waals surface area contributed by atoms with Gasteiger partial charge in [0.15, 0.2) is 0 Å². The molecule has 0 heterocycles. The summed E-state index contributed by atoms with van der Waals surface area (Å²) in [6.07, 6.45) is 0. The number of hydrogen-bond acceptors (Lipinski definition) is 2. The topological polar surface area (TPSA) is 54.4 Å². The van der Waals surface area contributed by atoms with Gasteiger partial charge >= 0.3 is 0 Å². The summed E-state index contributed by atoms with van der Waals surface area (Å²) < 4.78 is 29.6. The van der Waals surface area contributed by atoms with Crippen molar-refractivity contribution in [2.45, 2.75) is 4.90 Å². The van der Waals surface area contributed by atoms with Crippen molar-refractivity contribution in [1.82, 2.24) is 0 Å². The molecule has 0 radical (unpaired) electrons. The number of benzene rings is 1. The Morgan fingerprint density at radius 1 is 1.25 bits per heavy atom. The van der Waals surface area contributed by atoms with Gasteiger partial charge in [0.1, 0.15) is 4.90 Å². The molecular formula is C6H5CdClO3S. The summed E-state index contributed by atoms with van der Waals surface area (Å²) in [5, 5.41) is 0.0231. The van der Waals surface area contributed by atoms with Crippen LogP contribution in [-0.2, 0) is 37.4 Å². The van der Waals surface area contributed by atoms with E-state index in [2.05, 4.69) is 0 Å². The van der Waals surface area contributed by atoms with E-state index in [0.717, 1.165) is 0 Å². The van der Waals surface area contributed by atoms with E-state index in [1.807, 2.05) is 0 Å². The van der Waals surface area contributed by atoms with Gasteiger partial charge in [-0.25, -0.2) is 0 Å². The molecule has 12 heavy (non-hydrogen) atoms. The van der Waals surface area contributed by atoms with Gasteiger partial charge in [-0.1, -0.05) is 23.7 Å². The molecule has 62 valence electrons. The molecule has 0 atom stereocenters. The third-order valence-corrected chi connectivity index (χ3v) is 2.47. The summed E-state index contributed by atoms with van der Waals surface area (Å²) >= 11 is 5.47. The zero-order valence-electron chi connectivity index (χ0n) is 6.07. The van der Waals surface area contributed by atoms with Crippen LogP contribution < -0.4 is 0 Å². The molecule has 0 bridgehead atoms. The molecule has 3 nitrogen and oxygen atoms in total. The van der Waals surface area contributed by atoms with Gasteiger partial charge in [0.05, 0.1) is 5.02 Å². The molecule has 0 saturated heterocycles. The minimum absolute atomic E-state index is 0. The van der Waals surface area contributed by atoms with Gasteiger partial charge in [-0.3, -0.25) is 4.55 Å². The van der Waals surface area contributed by atoms with Crippen molar-refractivity contribution in [3.05, 3.63) is 29.3 Å². The molecule has 0 amide bonds. The fourth-order valence-corrected chi connectivity index (χ4v) is 1.65. The molecule has 0 fully saturated rings. The molecule has 0 aliphatic carbocycles. The van der Waals surface area contributed by atoms with Crippen molar-refractivity contribution < 1.29 is 40.3 Å². The van der Waals surface area contributed by atoms with E-state index in [1.165, 1.54) is 18.2 Å². The van der Waals surface area contributed by atoms with Crippen LogP contribution in [0, 0.1) is 0 Å². The average molecular weight is 305 g/mol. The Morgan fingerprint density at radius 2 is 1.75 bits per heavy atom. The van der Waals surface area contributed by atoms with Crippen LogP contribution in [0.3, 0.4) is 0 Å². The zero-order chi connectivity index (χ0) is 8.48. The second-order valence-electron chi connectivity index (χ2n) is 1.91. The van der Waals surface area contributed by atoms with Crippen LogP contribution in [0.15, 0.2) is 29.2 Å². The Morgan fingerprint density at radius 3 is 2.08 bits per heavy atom. The Labute approximate surface area is 95.6 Å². The molecule has 0 aromatic heterocycles. The normalized spacial score (nSPS) is 10.5. The van der Waals surface area contributed by atoms with Crippen molar-refractivity contribution in [2.75, 3.05) is 0 Å². The molecule has 1 N–H and O–H groups in total. The van der Waals surface area contributed by atoms with Crippen LogP contribution in [0.2, 0.25) is 5.02 Å². The van der Waals surface area contributed by atoms with Crippen LogP contribution in [0.5, 0.6) is 0 Å². The first kappa shape index (κ1) is 12.3. The maximum atomic E-state index is 10.5. The monoisotopic (exact) mass is 306 g/mol. The van der Waals surface area contributed by atoms with Crippen LogP contribution in [0.1, 0.15) is 0 Å². The van der Waals surface area contributed by atoms with Crippen molar-refractivity contribution in [3.8, 4) is 0 Å². The van der Waals surface area contributed by atoms with Gasteiger partial charge in [-0.15, -0.1) is 0 Å². The van der Waals surface area contributed by atoms with E-state index in [4.69, 9.17) is 16.2 Å². The summed E-state index contributed by atoms with van der Waals surface area (Å²) in [6.45, 7) is 0. The predicted octanol–water partition coefficient (Wildman–Crippen LogP) is 1.58. The second-order valence-corrected chi connectivity index (χ2v) is 3.70. The predicted molar refractivity (Wildman–Crippen MR) is 41.3 cm³/mol. The summed E-state index contributed by atoms with van der Waals surface area (Å²) in [7, 11) is -4.17. The molecule has 0 saturated carbocycles. The summed E-state index contributed by atoms with van der Waals surface area (Å²) in [4.78, 5) is -0.262. The van der Waals surface area contributed by atoms with Gasteiger partial charge < -0.3 is 0 Å². The van der Waals surface area contributed by atoms with Crippen LogP contribution in [0.25, 0.3) is 0 Å². The van der Waals surface area contributed by atoms with E-state index in [1.54, 1.807) is 6.07 Å². The van der Waals surface area contributed by atoms with Crippen molar-refractivity contribution in [2.24, 2.45) is 0 Å². The average Bonchev–Trinajstić information content (AvgIpc) is 1.86. The molecular weight excluding hydrogens is 300 g/mol. The van der Waals surface area contributed by atoms with Crippen LogP contribution in [0.4, 0.5) is 0 Å². The quantitative estimate of drug-likeness (QED) is 0.633. The smallest absolute Gasteiger partial charge is 0.282 e. The van der Waals surface area contributed by atoms with E-state index >= 15 is 0 Å². The summed E-state index contributed by atoms with van der Waals surface area (Å²) in [5.74, 6) is 0. The maximum Gasteiger partial charge on any atom is 0.296 e. The van der Waals surface area contributed by atoms with Crippen molar-refractivity contribution in [1.29, 1.82) is 0 Å². The number of rotatable bonds is 1. The van der Waals surface area contributed by atoms with Crippen molar-refractivity contribution >= 4 is 21.7 Å².